The fraction of sp³-hybridized carbons (Fsp3) is 0.150. The summed E-state index contributed by atoms with van der Waals surface area (Å²) in [7, 11) is 0. The molecule has 0 radical (unpaired) electrons. The highest BCUT2D eigenvalue weighted by Crippen LogP contribution is 2.18. The highest BCUT2D eigenvalue weighted by Gasteiger charge is 2.20. The van der Waals surface area contributed by atoms with Crippen LogP contribution in [0.2, 0.25) is 5.02 Å². The number of halogens is 1. The molecule has 2 heterocycles. The molecule has 29 heavy (non-hydrogen) atoms. The normalized spacial score (nSPS) is 11.9. The molecule has 1 atom stereocenters. The van der Waals surface area contributed by atoms with E-state index in [1.54, 1.807) is 29.9 Å². The zero-order valence-corrected chi connectivity index (χ0v) is 16.2. The van der Waals surface area contributed by atoms with Crippen molar-refractivity contribution in [1.82, 2.24) is 30.5 Å². The van der Waals surface area contributed by atoms with Gasteiger partial charge >= 0.3 is 0 Å². The molecular formula is C20H17ClN6O2. The summed E-state index contributed by atoms with van der Waals surface area (Å²) in [5.41, 5.74) is 2.04. The van der Waals surface area contributed by atoms with Crippen LogP contribution < -0.4 is 5.32 Å². The molecule has 0 aliphatic carbocycles. The van der Waals surface area contributed by atoms with Crippen molar-refractivity contribution in [3.8, 4) is 11.4 Å². The molecular weight excluding hydrogens is 392 g/mol. The van der Waals surface area contributed by atoms with Crippen LogP contribution in [0.15, 0.2) is 65.3 Å². The highest BCUT2D eigenvalue weighted by atomic mass is 35.5. The molecule has 8 nitrogen and oxygen atoms in total. The van der Waals surface area contributed by atoms with E-state index in [-0.39, 0.29) is 11.6 Å². The van der Waals surface area contributed by atoms with E-state index < -0.39 is 6.04 Å². The van der Waals surface area contributed by atoms with Crippen LogP contribution in [0.25, 0.3) is 11.4 Å². The van der Waals surface area contributed by atoms with Gasteiger partial charge in [0.05, 0.1) is 12.7 Å². The van der Waals surface area contributed by atoms with Crippen molar-refractivity contribution in [2.45, 2.75) is 19.5 Å². The van der Waals surface area contributed by atoms with Crippen molar-refractivity contribution >= 4 is 17.5 Å². The van der Waals surface area contributed by atoms with Gasteiger partial charge in [0, 0.05) is 10.6 Å². The van der Waals surface area contributed by atoms with Crippen molar-refractivity contribution in [3.05, 3.63) is 83.0 Å². The number of carbonyl (C=O) groups excluding carboxylic acids is 1. The van der Waals surface area contributed by atoms with Crippen LogP contribution in [-0.4, -0.2) is 31.0 Å². The van der Waals surface area contributed by atoms with Gasteiger partial charge in [-0.3, -0.25) is 4.79 Å². The summed E-state index contributed by atoms with van der Waals surface area (Å²) >= 11 is 5.89. The number of aromatic nitrogens is 5. The van der Waals surface area contributed by atoms with Crippen molar-refractivity contribution in [2.24, 2.45) is 0 Å². The van der Waals surface area contributed by atoms with E-state index in [2.05, 4.69) is 25.8 Å². The molecule has 0 aliphatic rings. The van der Waals surface area contributed by atoms with Gasteiger partial charge in [-0.2, -0.15) is 4.98 Å². The van der Waals surface area contributed by atoms with Crippen LogP contribution in [-0.2, 0) is 6.54 Å². The van der Waals surface area contributed by atoms with E-state index in [1.165, 1.54) is 0 Å². The van der Waals surface area contributed by atoms with Crippen molar-refractivity contribution in [1.29, 1.82) is 0 Å². The topological polar surface area (TPSA) is 98.7 Å². The standard InChI is InChI=1S/C20H17ClN6O2/c1-13(20-23-18(25-29-20)15-5-3-2-4-6-15)22-19(28)17-12-27(26-24-17)11-14-7-9-16(21)10-8-14/h2-10,12-13H,11H2,1H3,(H,22,28)/t13-/m1/s1. The second-order valence-electron chi connectivity index (χ2n) is 6.45. The molecule has 146 valence electrons. The first-order valence-electron chi connectivity index (χ1n) is 8.93. The van der Waals surface area contributed by atoms with Gasteiger partial charge in [-0.05, 0) is 24.6 Å². The van der Waals surface area contributed by atoms with E-state index in [1.807, 2.05) is 42.5 Å². The predicted octanol–water partition coefficient (Wildman–Crippen LogP) is 3.52. The number of hydrogen-bond donors (Lipinski definition) is 1. The van der Waals surface area contributed by atoms with Crippen LogP contribution in [0.1, 0.15) is 34.9 Å². The Kier molecular flexibility index (Phi) is 5.35. The van der Waals surface area contributed by atoms with E-state index in [9.17, 15) is 4.79 Å². The van der Waals surface area contributed by atoms with Crippen LogP contribution in [0.5, 0.6) is 0 Å². The molecule has 4 aromatic rings. The Morgan fingerprint density at radius 3 is 2.69 bits per heavy atom. The summed E-state index contributed by atoms with van der Waals surface area (Å²) in [5.74, 6) is 0.403. The molecule has 1 N–H and O–H groups in total. The van der Waals surface area contributed by atoms with Gasteiger partial charge in [0.2, 0.25) is 11.7 Å². The second-order valence-corrected chi connectivity index (χ2v) is 6.88. The fourth-order valence-corrected chi connectivity index (χ4v) is 2.83. The minimum absolute atomic E-state index is 0.202. The average Bonchev–Trinajstić information content (AvgIpc) is 3.40. The summed E-state index contributed by atoms with van der Waals surface area (Å²) in [6.45, 7) is 2.25. The quantitative estimate of drug-likeness (QED) is 0.524. The Morgan fingerprint density at radius 1 is 1.17 bits per heavy atom. The maximum atomic E-state index is 12.5. The van der Waals surface area contributed by atoms with Gasteiger partial charge in [0.25, 0.3) is 5.91 Å². The molecule has 0 spiro atoms. The molecule has 0 saturated heterocycles. The second kappa shape index (κ2) is 8.24. The lowest BCUT2D eigenvalue weighted by Gasteiger charge is -2.07. The third kappa shape index (κ3) is 4.49. The third-order valence-corrected chi connectivity index (χ3v) is 4.47. The van der Waals surface area contributed by atoms with Crippen LogP contribution in [0.3, 0.4) is 0 Å². The average molecular weight is 409 g/mol. The van der Waals surface area contributed by atoms with Gasteiger partial charge in [0.1, 0.15) is 6.04 Å². The molecule has 0 unspecified atom stereocenters. The zero-order chi connectivity index (χ0) is 20.2. The Balaban J connectivity index is 1.40. The Labute approximate surface area is 171 Å². The monoisotopic (exact) mass is 408 g/mol. The molecule has 1 amide bonds. The van der Waals surface area contributed by atoms with Crippen LogP contribution in [0.4, 0.5) is 0 Å². The molecule has 0 saturated carbocycles. The molecule has 0 aliphatic heterocycles. The molecule has 9 heteroatoms. The van der Waals surface area contributed by atoms with E-state index in [0.717, 1.165) is 11.1 Å². The molecule has 0 bridgehead atoms. The van der Waals surface area contributed by atoms with E-state index in [0.29, 0.717) is 23.3 Å². The Hall–Kier alpha value is -3.52. The number of benzene rings is 2. The van der Waals surface area contributed by atoms with Gasteiger partial charge in [0.15, 0.2) is 5.69 Å². The Morgan fingerprint density at radius 2 is 1.93 bits per heavy atom. The molecule has 2 aromatic heterocycles. The zero-order valence-electron chi connectivity index (χ0n) is 15.5. The minimum Gasteiger partial charge on any atom is -0.339 e. The number of rotatable bonds is 6. The first kappa shape index (κ1) is 18.8. The smallest absolute Gasteiger partial charge is 0.274 e. The molecule has 0 fully saturated rings. The predicted molar refractivity (Wildman–Crippen MR) is 106 cm³/mol. The van der Waals surface area contributed by atoms with Gasteiger partial charge in [-0.25, -0.2) is 4.68 Å². The van der Waals surface area contributed by atoms with E-state index >= 15 is 0 Å². The highest BCUT2D eigenvalue weighted by molar-refractivity contribution is 6.30. The number of nitrogens with one attached hydrogen (secondary N) is 1. The van der Waals surface area contributed by atoms with Crippen molar-refractivity contribution < 1.29 is 9.32 Å². The largest absolute Gasteiger partial charge is 0.339 e. The van der Waals surface area contributed by atoms with Crippen LogP contribution >= 0.6 is 11.6 Å². The lowest BCUT2D eigenvalue weighted by molar-refractivity contribution is 0.0927. The lowest BCUT2D eigenvalue weighted by Crippen LogP contribution is -2.27. The van der Waals surface area contributed by atoms with Crippen molar-refractivity contribution in [3.63, 3.8) is 0 Å². The molecule has 2 aromatic carbocycles. The maximum absolute atomic E-state index is 12.5. The van der Waals surface area contributed by atoms with Crippen LogP contribution in [0, 0.1) is 0 Å². The first-order valence-corrected chi connectivity index (χ1v) is 9.31. The summed E-state index contributed by atoms with van der Waals surface area (Å²) in [6.07, 6.45) is 1.58. The summed E-state index contributed by atoms with van der Waals surface area (Å²) < 4.78 is 6.87. The number of nitrogens with zero attached hydrogens (tertiary/aromatic N) is 5. The summed E-state index contributed by atoms with van der Waals surface area (Å²) in [6, 6.07) is 16.4. The first-order chi connectivity index (χ1) is 14.1. The minimum atomic E-state index is -0.478. The Bertz CT molecular complexity index is 1110. The van der Waals surface area contributed by atoms with E-state index in [4.69, 9.17) is 16.1 Å². The summed E-state index contributed by atoms with van der Waals surface area (Å²) in [5, 5.41) is 15.4. The summed E-state index contributed by atoms with van der Waals surface area (Å²) in [4.78, 5) is 16.8. The molecule has 4 rings (SSSR count). The van der Waals surface area contributed by atoms with Gasteiger partial charge in [-0.1, -0.05) is 64.4 Å². The lowest BCUT2D eigenvalue weighted by atomic mass is 10.2. The third-order valence-electron chi connectivity index (χ3n) is 4.22. The number of hydrogen-bond acceptors (Lipinski definition) is 6. The number of amides is 1. The fourth-order valence-electron chi connectivity index (χ4n) is 2.70. The van der Waals surface area contributed by atoms with Gasteiger partial charge in [-0.15, -0.1) is 5.10 Å². The number of carbonyl (C=O) groups is 1. The van der Waals surface area contributed by atoms with Crippen molar-refractivity contribution in [2.75, 3.05) is 0 Å². The maximum Gasteiger partial charge on any atom is 0.274 e. The SMILES string of the molecule is C[C@@H](NC(=O)c1cn(Cc2ccc(Cl)cc2)nn1)c1nc(-c2ccccc2)no1. The van der Waals surface area contributed by atoms with Gasteiger partial charge < -0.3 is 9.84 Å².